The van der Waals surface area contributed by atoms with Gasteiger partial charge in [-0.05, 0) is 49.6 Å². The highest BCUT2D eigenvalue weighted by atomic mass is 16.1. The van der Waals surface area contributed by atoms with Crippen molar-refractivity contribution in [2.75, 3.05) is 0 Å². The van der Waals surface area contributed by atoms with Crippen LogP contribution in [0.4, 0.5) is 0 Å². The highest BCUT2D eigenvalue weighted by Crippen LogP contribution is 2.25. The Morgan fingerprint density at radius 1 is 1.00 bits per heavy atom. The third kappa shape index (κ3) is 2.49. The molecule has 120 valence electrons. The minimum atomic E-state index is -0.189. The van der Waals surface area contributed by atoms with Crippen molar-refractivity contribution in [2.45, 2.75) is 39.9 Å². The summed E-state index contributed by atoms with van der Waals surface area (Å²) >= 11 is 0. The predicted molar refractivity (Wildman–Crippen MR) is 94.8 cm³/mol. The predicted octanol–water partition coefficient (Wildman–Crippen LogP) is 3.20. The minimum absolute atomic E-state index is 0.0478. The maximum atomic E-state index is 12.5. The van der Waals surface area contributed by atoms with E-state index in [9.17, 15) is 4.79 Å². The molecule has 3 aromatic rings. The van der Waals surface area contributed by atoms with Crippen molar-refractivity contribution >= 4 is 11.0 Å². The number of benzene rings is 2. The Morgan fingerprint density at radius 3 is 2.30 bits per heavy atom. The minimum Gasteiger partial charge on any atom is -0.320 e. The molecule has 2 N–H and O–H groups in total. The van der Waals surface area contributed by atoms with E-state index in [1.54, 1.807) is 0 Å². The summed E-state index contributed by atoms with van der Waals surface area (Å²) in [6.45, 7) is 7.39. The molecule has 1 atom stereocenters. The monoisotopic (exact) mass is 309 g/mol. The number of nitrogens with zero attached hydrogens (tertiary/aromatic N) is 2. The molecule has 0 aliphatic heterocycles. The van der Waals surface area contributed by atoms with E-state index in [4.69, 9.17) is 5.73 Å². The second-order valence-electron chi connectivity index (χ2n) is 5.85. The van der Waals surface area contributed by atoms with E-state index in [0.717, 1.165) is 22.2 Å². The lowest BCUT2D eigenvalue weighted by Gasteiger charge is -2.15. The number of aromatic nitrogens is 2. The van der Waals surface area contributed by atoms with Crippen molar-refractivity contribution in [1.29, 1.82) is 0 Å². The third-order valence-electron chi connectivity index (χ3n) is 4.56. The van der Waals surface area contributed by atoms with Crippen LogP contribution in [0.5, 0.6) is 0 Å². The van der Waals surface area contributed by atoms with Gasteiger partial charge in [0.05, 0.1) is 17.1 Å². The molecule has 0 radical (unpaired) electrons. The molecular weight excluding hydrogens is 286 g/mol. The Morgan fingerprint density at radius 2 is 1.65 bits per heavy atom. The first-order chi connectivity index (χ1) is 11.1. The number of rotatable bonds is 4. The molecular formula is C19H23N3O. The summed E-state index contributed by atoms with van der Waals surface area (Å²) in [4.78, 5) is 12.5. The summed E-state index contributed by atoms with van der Waals surface area (Å²) in [6, 6.07) is 14.1. The average molecular weight is 309 g/mol. The molecule has 1 heterocycles. The van der Waals surface area contributed by atoms with Crippen molar-refractivity contribution in [3.63, 3.8) is 0 Å². The molecule has 0 aliphatic rings. The zero-order valence-corrected chi connectivity index (χ0v) is 13.9. The summed E-state index contributed by atoms with van der Waals surface area (Å²) in [5, 5.41) is 0. The van der Waals surface area contributed by atoms with E-state index < -0.39 is 0 Å². The fourth-order valence-electron chi connectivity index (χ4n) is 3.26. The van der Waals surface area contributed by atoms with Gasteiger partial charge in [-0.1, -0.05) is 30.3 Å². The van der Waals surface area contributed by atoms with Crippen LogP contribution in [-0.2, 0) is 13.1 Å². The maximum Gasteiger partial charge on any atom is 0.329 e. The van der Waals surface area contributed by atoms with Crippen molar-refractivity contribution in [2.24, 2.45) is 5.73 Å². The van der Waals surface area contributed by atoms with E-state index in [1.165, 1.54) is 5.56 Å². The van der Waals surface area contributed by atoms with Gasteiger partial charge < -0.3 is 5.73 Å². The molecule has 0 aliphatic carbocycles. The van der Waals surface area contributed by atoms with Crippen molar-refractivity contribution in [1.82, 2.24) is 9.13 Å². The summed E-state index contributed by atoms with van der Waals surface area (Å²) < 4.78 is 3.62. The highest BCUT2D eigenvalue weighted by Gasteiger charge is 2.15. The van der Waals surface area contributed by atoms with Crippen LogP contribution in [-0.4, -0.2) is 9.13 Å². The van der Waals surface area contributed by atoms with Gasteiger partial charge in [0.1, 0.15) is 0 Å². The molecule has 2 aromatic carbocycles. The van der Waals surface area contributed by atoms with Crippen LogP contribution < -0.4 is 11.4 Å². The van der Waals surface area contributed by atoms with E-state index >= 15 is 0 Å². The van der Waals surface area contributed by atoms with E-state index in [2.05, 4.69) is 25.1 Å². The van der Waals surface area contributed by atoms with Gasteiger partial charge in [0, 0.05) is 13.1 Å². The Bertz CT molecular complexity index is 905. The summed E-state index contributed by atoms with van der Waals surface area (Å²) in [6.07, 6.45) is 0. The van der Waals surface area contributed by atoms with Gasteiger partial charge in [-0.15, -0.1) is 0 Å². The van der Waals surface area contributed by atoms with Crippen LogP contribution in [0.1, 0.15) is 36.6 Å². The van der Waals surface area contributed by atoms with Gasteiger partial charge >= 0.3 is 5.69 Å². The smallest absolute Gasteiger partial charge is 0.320 e. The fraction of sp³-hybridized carbons (Fsp3) is 0.316. The quantitative estimate of drug-likeness (QED) is 0.804. The molecule has 3 rings (SSSR count). The SMILES string of the molecule is CCn1c(=O)n(CC)c2cc(C(N)c3ccccc3C)ccc21. The molecule has 4 heteroatoms. The van der Waals surface area contributed by atoms with Crippen molar-refractivity contribution < 1.29 is 0 Å². The number of hydrogen-bond donors (Lipinski definition) is 1. The maximum absolute atomic E-state index is 12.5. The lowest BCUT2D eigenvalue weighted by Crippen LogP contribution is -2.23. The van der Waals surface area contributed by atoms with E-state index in [-0.39, 0.29) is 11.7 Å². The molecule has 1 unspecified atom stereocenters. The Labute approximate surface area is 136 Å². The standard InChI is InChI=1S/C19H23N3O/c1-4-21-16-11-10-14(12-17(16)22(5-2)19(21)23)18(20)15-9-7-6-8-13(15)3/h6-12,18H,4-5,20H2,1-3H3. The first-order valence-electron chi connectivity index (χ1n) is 8.12. The van der Waals surface area contributed by atoms with Gasteiger partial charge in [-0.3, -0.25) is 9.13 Å². The van der Waals surface area contributed by atoms with E-state index in [0.29, 0.717) is 13.1 Å². The van der Waals surface area contributed by atoms with Crippen molar-refractivity contribution in [3.8, 4) is 0 Å². The molecule has 0 bridgehead atoms. The Balaban J connectivity index is 2.17. The zero-order valence-electron chi connectivity index (χ0n) is 13.9. The zero-order chi connectivity index (χ0) is 16.6. The number of fused-ring (bicyclic) bond motifs is 1. The molecule has 23 heavy (non-hydrogen) atoms. The number of hydrogen-bond acceptors (Lipinski definition) is 2. The van der Waals surface area contributed by atoms with Crippen LogP contribution in [0.3, 0.4) is 0 Å². The Kier molecular flexibility index (Phi) is 4.09. The number of nitrogens with two attached hydrogens (primary N) is 1. The largest absolute Gasteiger partial charge is 0.329 e. The van der Waals surface area contributed by atoms with Crippen LogP contribution in [0, 0.1) is 6.92 Å². The molecule has 0 fully saturated rings. The lowest BCUT2D eigenvalue weighted by molar-refractivity contribution is 0.670. The molecule has 0 amide bonds. The van der Waals surface area contributed by atoms with Gasteiger partial charge in [-0.25, -0.2) is 4.79 Å². The first-order valence-corrected chi connectivity index (χ1v) is 8.12. The first kappa shape index (κ1) is 15.6. The normalized spacial score (nSPS) is 12.7. The van der Waals surface area contributed by atoms with Crippen molar-refractivity contribution in [3.05, 3.63) is 69.6 Å². The topological polar surface area (TPSA) is 53.0 Å². The van der Waals surface area contributed by atoms with E-state index in [1.807, 2.05) is 47.2 Å². The molecule has 0 saturated heterocycles. The van der Waals surface area contributed by atoms with Gasteiger partial charge in [0.25, 0.3) is 0 Å². The molecule has 1 aromatic heterocycles. The van der Waals surface area contributed by atoms with Gasteiger partial charge in [0.2, 0.25) is 0 Å². The fourth-order valence-corrected chi connectivity index (χ4v) is 3.26. The second kappa shape index (κ2) is 6.05. The second-order valence-corrected chi connectivity index (χ2v) is 5.85. The molecule has 0 saturated carbocycles. The van der Waals surface area contributed by atoms with Gasteiger partial charge in [-0.2, -0.15) is 0 Å². The summed E-state index contributed by atoms with van der Waals surface area (Å²) in [5.41, 5.74) is 11.8. The van der Waals surface area contributed by atoms with Crippen LogP contribution in [0.15, 0.2) is 47.3 Å². The van der Waals surface area contributed by atoms with Crippen LogP contribution >= 0.6 is 0 Å². The molecule has 4 nitrogen and oxygen atoms in total. The average Bonchev–Trinajstić information content (AvgIpc) is 2.84. The Hall–Kier alpha value is -2.33. The highest BCUT2D eigenvalue weighted by molar-refractivity contribution is 5.77. The lowest BCUT2D eigenvalue weighted by atomic mass is 9.95. The van der Waals surface area contributed by atoms with Crippen LogP contribution in [0.25, 0.3) is 11.0 Å². The summed E-state index contributed by atoms with van der Waals surface area (Å²) in [7, 11) is 0. The number of imidazole rings is 1. The summed E-state index contributed by atoms with van der Waals surface area (Å²) in [5.74, 6) is 0. The molecule has 0 spiro atoms. The van der Waals surface area contributed by atoms with Gasteiger partial charge in [0.15, 0.2) is 0 Å². The van der Waals surface area contributed by atoms with Crippen LogP contribution in [0.2, 0.25) is 0 Å². The third-order valence-corrected chi connectivity index (χ3v) is 4.56. The number of aryl methyl sites for hydroxylation is 3.